The Morgan fingerprint density at radius 1 is 1.10 bits per heavy atom. The van der Waals surface area contributed by atoms with Crippen LogP contribution in [0.3, 0.4) is 0 Å². The zero-order valence-electron chi connectivity index (χ0n) is 16.8. The Kier molecular flexibility index (Phi) is 5.99. The molecule has 3 aromatic rings. The van der Waals surface area contributed by atoms with Crippen LogP contribution < -0.4 is 4.90 Å². The number of pyridine rings is 2. The molecule has 160 valence electrons. The first-order valence-electron chi connectivity index (χ1n) is 9.94. The molecule has 0 aliphatic carbocycles. The summed E-state index contributed by atoms with van der Waals surface area (Å²) in [6.45, 7) is 2.02. The molecular formula is C23H20F3N3O2. The quantitative estimate of drug-likeness (QED) is 0.585. The molecule has 0 spiro atoms. The van der Waals surface area contributed by atoms with Crippen LogP contribution in [-0.4, -0.2) is 28.7 Å². The number of amides is 1. The minimum atomic E-state index is -0.964. The second kappa shape index (κ2) is 8.85. The lowest BCUT2D eigenvalue weighted by molar-refractivity contribution is 0.0143. The average Bonchev–Trinajstić information content (AvgIpc) is 2.76. The van der Waals surface area contributed by atoms with Gasteiger partial charge in [-0.15, -0.1) is 0 Å². The summed E-state index contributed by atoms with van der Waals surface area (Å²) >= 11 is 0. The van der Waals surface area contributed by atoms with E-state index in [1.807, 2.05) is 0 Å². The maximum absolute atomic E-state index is 14.7. The van der Waals surface area contributed by atoms with Crippen molar-refractivity contribution in [3.8, 4) is 11.3 Å². The molecule has 5 nitrogen and oxygen atoms in total. The van der Waals surface area contributed by atoms with E-state index in [1.54, 1.807) is 18.3 Å². The molecule has 31 heavy (non-hydrogen) atoms. The summed E-state index contributed by atoms with van der Waals surface area (Å²) in [7, 11) is 0. The Hall–Kier alpha value is -3.26. The van der Waals surface area contributed by atoms with E-state index >= 15 is 0 Å². The Balaban J connectivity index is 1.82. The van der Waals surface area contributed by atoms with Crippen LogP contribution in [0.15, 0.2) is 48.8 Å². The molecule has 1 amide bonds. The predicted octanol–water partition coefficient (Wildman–Crippen LogP) is 5.04. The number of hydrogen-bond donors (Lipinski definition) is 0. The van der Waals surface area contributed by atoms with Crippen LogP contribution in [0.4, 0.5) is 18.9 Å². The van der Waals surface area contributed by atoms with Crippen molar-refractivity contribution >= 4 is 11.6 Å². The van der Waals surface area contributed by atoms with Crippen molar-refractivity contribution in [1.82, 2.24) is 9.97 Å². The number of benzene rings is 1. The van der Waals surface area contributed by atoms with Crippen molar-refractivity contribution in [2.75, 3.05) is 11.5 Å². The van der Waals surface area contributed by atoms with Gasteiger partial charge in [0, 0.05) is 12.8 Å². The van der Waals surface area contributed by atoms with Gasteiger partial charge in [0.1, 0.15) is 35.1 Å². The topological polar surface area (TPSA) is 55.3 Å². The minimum Gasteiger partial charge on any atom is -0.358 e. The van der Waals surface area contributed by atoms with Gasteiger partial charge in [0.25, 0.3) is 5.91 Å². The van der Waals surface area contributed by atoms with Crippen molar-refractivity contribution in [2.45, 2.75) is 32.4 Å². The van der Waals surface area contributed by atoms with E-state index in [2.05, 4.69) is 9.97 Å². The summed E-state index contributed by atoms with van der Waals surface area (Å²) in [5.41, 5.74) is -0.551. The minimum absolute atomic E-state index is 0.114. The number of halogens is 3. The van der Waals surface area contributed by atoms with Crippen LogP contribution in [0, 0.1) is 24.4 Å². The highest BCUT2D eigenvalue weighted by atomic mass is 19.1. The lowest BCUT2D eigenvalue weighted by Crippen LogP contribution is -2.44. The van der Waals surface area contributed by atoms with E-state index in [9.17, 15) is 18.0 Å². The molecule has 1 aliphatic heterocycles. The molecule has 1 fully saturated rings. The number of aromatic nitrogens is 2. The van der Waals surface area contributed by atoms with E-state index in [0.29, 0.717) is 18.7 Å². The zero-order valence-corrected chi connectivity index (χ0v) is 16.8. The molecule has 1 unspecified atom stereocenters. The molecule has 0 saturated carbocycles. The van der Waals surface area contributed by atoms with Gasteiger partial charge >= 0.3 is 0 Å². The lowest BCUT2D eigenvalue weighted by Gasteiger charge is -2.34. The lowest BCUT2D eigenvalue weighted by atomic mass is 10.1. The van der Waals surface area contributed by atoms with Gasteiger partial charge in [0.05, 0.1) is 17.4 Å². The number of carbonyl (C=O) groups excluding carboxylic acids is 1. The monoisotopic (exact) mass is 427 g/mol. The molecule has 1 aromatic carbocycles. The van der Waals surface area contributed by atoms with Crippen LogP contribution in [0.2, 0.25) is 0 Å². The van der Waals surface area contributed by atoms with Crippen molar-refractivity contribution in [3.05, 3.63) is 77.5 Å². The first kappa shape index (κ1) is 21.0. The van der Waals surface area contributed by atoms with Crippen LogP contribution in [0.25, 0.3) is 11.3 Å². The molecule has 8 heteroatoms. The Labute approximate surface area is 177 Å². The van der Waals surface area contributed by atoms with Crippen LogP contribution in [0.5, 0.6) is 0 Å². The number of hydrogen-bond acceptors (Lipinski definition) is 4. The second-order valence-electron chi connectivity index (χ2n) is 7.29. The number of aryl methyl sites for hydroxylation is 1. The molecule has 3 heterocycles. The predicted molar refractivity (Wildman–Crippen MR) is 109 cm³/mol. The summed E-state index contributed by atoms with van der Waals surface area (Å²) < 4.78 is 49.1. The fourth-order valence-corrected chi connectivity index (χ4v) is 3.65. The van der Waals surface area contributed by atoms with Crippen molar-refractivity contribution in [3.63, 3.8) is 0 Å². The van der Waals surface area contributed by atoms with Crippen LogP contribution >= 0.6 is 0 Å². The summed E-state index contributed by atoms with van der Waals surface area (Å²) in [6, 6.07) is 7.65. The third-order valence-electron chi connectivity index (χ3n) is 5.16. The van der Waals surface area contributed by atoms with Gasteiger partial charge < -0.3 is 4.74 Å². The molecule has 0 radical (unpaired) electrons. The van der Waals surface area contributed by atoms with Crippen molar-refractivity contribution in [1.29, 1.82) is 0 Å². The van der Waals surface area contributed by atoms with Gasteiger partial charge in [-0.2, -0.15) is 0 Å². The summed E-state index contributed by atoms with van der Waals surface area (Å²) in [4.78, 5) is 23.1. The van der Waals surface area contributed by atoms with E-state index in [4.69, 9.17) is 4.74 Å². The van der Waals surface area contributed by atoms with Crippen molar-refractivity contribution in [2.24, 2.45) is 0 Å². The van der Waals surface area contributed by atoms with Crippen molar-refractivity contribution < 1.29 is 22.7 Å². The number of nitrogens with zero attached hydrogens (tertiary/aromatic N) is 3. The maximum atomic E-state index is 14.7. The Morgan fingerprint density at radius 3 is 2.52 bits per heavy atom. The molecule has 2 aromatic heterocycles. The largest absolute Gasteiger partial charge is 0.358 e. The van der Waals surface area contributed by atoms with Crippen LogP contribution in [-0.2, 0) is 4.74 Å². The fourth-order valence-electron chi connectivity index (χ4n) is 3.65. The first-order valence-corrected chi connectivity index (χ1v) is 9.94. The number of anilines is 1. The highest BCUT2D eigenvalue weighted by Gasteiger charge is 2.31. The molecule has 0 bridgehead atoms. The van der Waals surface area contributed by atoms with Gasteiger partial charge in [-0.1, -0.05) is 6.07 Å². The van der Waals surface area contributed by atoms with Gasteiger partial charge in [0.2, 0.25) is 0 Å². The first-order chi connectivity index (χ1) is 15.0. The maximum Gasteiger partial charge on any atom is 0.279 e. The third kappa shape index (κ3) is 4.16. The third-order valence-corrected chi connectivity index (χ3v) is 5.16. The van der Waals surface area contributed by atoms with Gasteiger partial charge in [-0.3, -0.25) is 14.7 Å². The average molecular weight is 427 g/mol. The second-order valence-corrected chi connectivity index (χ2v) is 7.29. The zero-order chi connectivity index (χ0) is 22.0. The summed E-state index contributed by atoms with van der Waals surface area (Å²) in [6.07, 6.45) is 4.91. The number of carbonyl (C=O) groups is 1. The molecule has 4 rings (SSSR count). The number of rotatable bonds is 4. The normalized spacial score (nSPS) is 16.2. The number of ether oxygens (including phenoxy) is 1. The summed E-state index contributed by atoms with van der Waals surface area (Å²) in [5, 5.41) is 0. The van der Waals surface area contributed by atoms with Gasteiger partial charge in [-0.05, 0) is 62.1 Å². The van der Waals surface area contributed by atoms with E-state index in [-0.39, 0.29) is 11.3 Å². The Morgan fingerprint density at radius 2 is 1.87 bits per heavy atom. The van der Waals surface area contributed by atoms with Gasteiger partial charge in [0.15, 0.2) is 0 Å². The highest BCUT2D eigenvalue weighted by Crippen LogP contribution is 2.30. The van der Waals surface area contributed by atoms with E-state index < -0.39 is 40.8 Å². The molecule has 1 atom stereocenters. The van der Waals surface area contributed by atoms with E-state index in [1.165, 1.54) is 24.1 Å². The fraction of sp³-hybridized carbons (Fsp3) is 0.261. The van der Waals surface area contributed by atoms with Gasteiger partial charge in [-0.25, -0.2) is 18.2 Å². The molecule has 1 aliphatic rings. The van der Waals surface area contributed by atoms with E-state index in [0.717, 1.165) is 31.0 Å². The smallest absolute Gasteiger partial charge is 0.279 e. The molecular weight excluding hydrogens is 407 g/mol. The standard InChI is InChI=1S/C23H20F3N3O2/c1-14-12-18(26)22(20-16(24)7-4-8-17(20)25)28-21(14)23(30)29(15-6-5-10-27-13-15)19-9-2-3-11-31-19/h4-8,10,12-13,19H,2-3,9,11H2,1H3. The summed E-state index contributed by atoms with van der Waals surface area (Å²) in [5.74, 6) is -3.41. The molecule has 0 N–H and O–H groups in total. The van der Waals surface area contributed by atoms with Crippen LogP contribution in [0.1, 0.15) is 35.3 Å². The highest BCUT2D eigenvalue weighted by molar-refractivity contribution is 6.06. The molecule has 1 saturated heterocycles. The Bertz CT molecular complexity index is 1080. The SMILES string of the molecule is Cc1cc(F)c(-c2c(F)cccc2F)nc1C(=O)N(c1cccnc1)C1CCCCO1.